The molecule has 0 spiro atoms. The average Bonchev–Trinajstić information content (AvgIpc) is 2.97. The first kappa shape index (κ1) is 14.5. The number of amides is 1. The van der Waals surface area contributed by atoms with E-state index in [2.05, 4.69) is 5.32 Å². The normalized spacial score (nSPS) is 19.5. The Bertz CT molecular complexity index is 454. The molecule has 20 heavy (non-hydrogen) atoms. The van der Waals surface area contributed by atoms with Gasteiger partial charge in [-0.3, -0.25) is 4.79 Å². The third kappa shape index (κ3) is 4.06. The molecular formula is C15H18NO4-. The SMILES string of the molecule is O=C([O-])C[C@@H](C(=O)NCc1ccccc1)[C@H]1CCCO1. The third-order valence-electron chi connectivity index (χ3n) is 3.45. The minimum Gasteiger partial charge on any atom is -0.550 e. The average molecular weight is 276 g/mol. The van der Waals surface area contributed by atoms with E-state index in [0.717, 1.165) is 18.4 Å². The molecule has 1 aromatic rings. The van der Waals surface area contributed by atoms with Crippen LogP contribution in [0.4, 0.5) is 0 Å². The van der Waals surface area contributed by atoms with E-state index in [1.54, 1.807) is 0 Å². The van der Waals surface area contributed by atoms with Gasteiger partial charge in [0.25, 0.3) is 0 Å². The fourth-order valence-electron chi connectivity index (χ4n) is 2.41. The van der Waals surface area contributed by atoms with Gasteiger partial charge in [-0.25, -0.2) is 0 Å². The summed E-state index contributed by atoms with van der Waals surface area (Å²) < 4.78 is 5.44. The molecule has 0 unspecified atom stereocenters. The monoisotopic (exact) mass is 276 g/mol. The Labute approximate surface area is 117 Å². The van der Waals surface area contributed by atoms with Gasteiger partial charge in [-0.15, -0.1) is 0 Å². The summed E-state index contributed by atoms with van der Waals surface area (Å²) in [5.74, 6) is -2.18. The number of hydrogen-bond donors (Lipinski definition) is 1. The summed E-state index contributed by atoms with van der Waals surface area (Å²) in [6, 6.07) is 9.48. The van der Waals surface area contributed by atoms with Gasteiger partial charge in [0.05, 0.1) is 12.0 Å². The predicted molar refractivity (Wildman–Crippen MR) is 70.4 cm³/mol. The summed E-state index contributed by atoms with van der Waals surface area (Å²) in [7, 11) is 0. The molecule has 1 aliphatic heterocycles. The van der Waals surface area contributed by atoms with Gasteiger partial charge < -0.3 is 20.0 Å². The second-order valence-corrected chi connectivity index (χ2v) is 4.94. The van der Waals surface area contributed by atoms with Crippen LogP contribution < -0.4 is 10.4 Å². The fourth-order valence-corrected chi connectivity index (χ4v) is 2.41. The standard InChI is InChI=1S/C15H19NO4/c17-14(18)9-12(13-7-4-8-20-13)15(19)16-10-11-5-2-1-3-6-11/h1-3,5-6,12-13H,4,7-10H2,(H,16,19)(H,17,18)/p-1/t12-,13-/m1/s1. The largest absolute Gasteiger partial charge is 0.550 e. The molecule has 2 atom stereocenters. The molecule has 108 valence electrons. The molecular weight excluding hydrogens is 258 g/mol. The Hall–Kier alpha value is -1.88. The molecule has 0 saturated carbocycles. The second kappa shape index (κ2) is 7.05. The van der Waals surface area contributed by atoms with Crippen LogP contribution in [0.1, 0.15) is 24.8 Å². The lowest BCUT2D eigenvalue weighted by atomic mass is 9.95. The molecule has 1 amide bonds. The molecule has 0 aliphatic carbocycles. The first-order chi connectivity index (χ1) is 9.66. The molecule has 1 N–H and O–H groups in total. The highest BCUT2D eigenvalue weighted by atomic mass is 16.5. The van der Waals surface area contributed by atoms with Crippen molar-refractivity contribution in [2.24, 2.45) is 5.92 Å². The lowest BCUT2D eigenvalue weighted by molar-refractivity contribution is -0.307. The molecule has 1 fully saturated rings. The van der Waals surface area contributed by atoms with Crippen molar-refractivity contribution in [2.75, 3.05) is 6.61 Å². The highest BCUT2D eigenvalue weighted by Crippen LogP contribution is 2.23. The van der Waals surface area contributed by atoms with E-state index >= 15 is 0 Å². The van der Waals surface area contributed by atoms with Crippen molar-refractivity contribution in [3.8, 4) is 0 Å². The van der Waals surface area contributed by atoms with Gasteiger partial charge >= 0.3 is 0 Å². The number of carbonyl (C=O) groups is 2. The zero-order valence-electron chi connectivity index (χ0n) is 11.2. The summed E-state index contributed by atoms with van der Waals surface area (Å²) in [4.78, 5) is 23.0. The smallest absolute Gasteiger partial charge is 0.226 e. The number of benzene rings is 1. The molecule has 1 saturated heterocycles. The van der Waals surface area contributed by atoms with Crippen molar-refractivity contribution in [2.45, 2.75) is 31.9 Å². The topological polar surface area (TPSA) is 78.5 Å². The fraction of sp³-hybridized carbons (Fsp3) is 0.467. The predicted octanol–water partition coefficient (Wildman–Crippen LogP) is 0.238. The Morgan fingerprint density at radius 1 is 1.35 bits per heavy atom. The van der Waals surface area contributed by atoms with E-state index in [1.807, 2.05) is 30.3 Å². The Balaban J connectivity index is 1.93. The van der Waals surface area contributed by atoms with Crippen molar-refractivity contribution in [3.63, 3.8) is 0 Å². The van der Waals surface area contributed by atoms with Crippen LogP contribution in [0.25, 0.3) is 0 Å². The number of carboxylic acid groups (broad SMARTS) is 1. The molecule has 1 heterocycles. The van der Waals surface area contributed by atoms with Crippen LogP contribution in [-0.4, -0.2) is 24.6 Å². The maximum atomic E-state index is 12.2. The van der Waals surface area contributed by atoms with Crippen molar-refractivity contribution in [1.82, 2.24) is 5.32 Å². The number of carboxylic acids is 1. The van der Waals surface area contributed by atoms with Crippen LogP contribution in [0.15, 0.2) is 30.3 Å². The Kier molecular flexibility index (Phi) is 5.12. The molecule has 1 aromatic carbocycles. The van der Waals surface area contributed by atoms with Gasteiger partial charge in [-0.1, -0.05) is 30.3 Å². The minimum absolute atomic E-state index is 0.287. The van der Waals surface area contributed by atoms with Gasteiger partial charge in [0.15, 0.2) is 0 Å². The van der Waals surface area contributed by atoms with Crippen LogP contribution in [0, 0.1) is 5.92 Å². The van der Waals surface area contributed by atoms with E-state index in [0.29, 0.717) is 13.2 Å². The summed E-state index contributed by atoms with van der Waals surface area (Å²) in [6.07, 6.45) is 0.964. The van der Waals surface area contributed by atoms with Crippen molar-refractivity contribution in [3.05, 3.63) is 35.9 Å². The summed E-state index contributed by atoms with van der Waals surface area (Å²) in [5, 5.41) is 13.6. The van der Waals surface area contributed by atoms with Crippen molar-refractivity contribution < 1.29 is 19.4 Å². The van der Waals surface area contributed by atoms with Crippen LogP contribution in [0.2, 0.25) is 0 Å². The highest BCUT2D eigenvalue weighted by molar-refractivity contribution is 5.83. The maximum absolute atomic E-state index is 12.2. The Morgan fingerprint density at radius 3 is 2.70 bits per heavy atom. The zero-order chi connectivity index (χ0) is 14.4. The lowest BCUT2D eigenvalue weighted by Gasteiger charge is -2.22. The van der Waals surface area contributed by atoms with Gasteiger partial charge in [0.1, 0.15) is 0 Å². The van der Waals surface area contributed by atoms with Gasteiger partial charge in [0, 0.05) is 25.5 Å². The molecule has 5 nitrogen and oxygen atoms in total. The summed E-state index contributed by atoms with van der Waals surface area (Å²) in [5.41, 5.74) is 0.973. The Morgan fingerprint density at radius 2 is 2.10 bits per heavy atom. The number of carbonyl (C=O) groups excluding carboxylic acids is 2. The molecule has 5 heteroatoms. The summed E-state index contributed by atoms with van der Waals surface area (Å²) in [6.45, 7) is 0.968. The van der Waals surface area contributed by atoms with Gasteiger partial charge in [-0.05, 0) is 18.4 Å². The number of nitrogens with one attached hydrogen (secondary N) is 1. The van der Waals surface area contributed by atoms with E-state index in [-0.39, 0.29) is 18.4 Å². The van der Waals surface area contributed by atoms with E-state index in [1.165, 1.54) is 0 Å². The lowest BCUT2D eigenvalue weighted by Crippen LogP contribution is -2.41. The first-order valence-electron chi connectivity index (χ1n) is 6.80. The van der Waals surface area contributed by atoms with Crippen LogP contribution >= 0.6 is 0 Å². The number of ether oxygens (including phenoxy) is 1. The highest BCUT2D eigenvalue weighted by Gasteiger charge is 2.31. The van der Waals surface area contributed by atoms with Crippen molar-refractivity contribution >= 4 is 11.9 Å². The number of aliphatic carboxylic acids is 1. The van der Waals surface area contributed by atoms with E-state index in [4.69, 9.17) is 4.74 Å². The quantitative estimate of drug-likeness (QED) is 0.807. The van der Waals surface area contributed by atoms with Gasteiger partial charge in [0.2, 0.25) is 5.91 Å². The zero-order valence-corrected chi connectivity index (χ0v) is 11.2. The van der Waals surface area contributed by atoms with Crippen LogP contribution in [-0.2, 0) is 20.9 Å². The molecule has 0 bridgehead atoms. The van der Waals surface area contributed by atoms with E-state index in [9.17, 15) is 14.7 Å². The van der Waals surface area contributed by atoms with Crippen molar-refractivity contribution in [1.29, 1.82) is 0 Å². The minimum atomic E-state index is -1.22. The van der Waals surface area contributed by atoms with Gasteiger partial charge in [-0.2, -0.15) is 0 Å². The number of hydrogen-bond acceptors (Lipinski definition) is 4. The first-order valence-corrected chi connectivity index (χ1v) is 6.80. The second-order valence-electron chi connectivity index (χ2n) is 4.94. The maximum Gasteiger partial charge on any atom is 0.226 e. The molecule has 1 aliphatic rings. The third-order valence-corrected chi connectivity index (χ3v) is 3.45. The van der Waals surface area contributed by atoms with Crippen LogP contribution in [0.3, 0.4) is 0 Å². The van der Waals surface area contributed by atoms with E-state index < -0.39 is 11.9 Å². The number of rotatable bonds is 6. The molecule has 0 radical (unpaired) electrons. The summed E-state index contributed by atoms with van der Waals surface area (Å²) >= 11 is 0. The molecule has 0 aromatic heterocycles. The van der Waals surface area contributed by atoms with Crippen LogP contribution in [0.5, 0.6) is 0 Å². The molecule has 2 rings (SSSR count).